The van der Waals surface area contributed by atoms with E-state index in [1.165, 1.54) is 18.4 Å². The van der Waals surface area contributed by atoms with Crippen molar-refractivity contribution in [2.45, 2.75) is 25.4 Å². The molecular weight excluding hydrogens is 340 g/mol. The van der Waals surface area contributed by atoms with Crippen LogP contribution in [0.25, 0.3) is 0 Å². The second-order valence-electron chi connectivity index (χ2n) is 5.27. The van der Waals surface area contributed by atoms with Crippen molar-refractivity contribution in [1.82, 2.24) is 14.2 Å². The molecule has 0 aliphatic carbocycles. The number of anilines is 1. The molecule has 8 nitrogen and oxygen atoms in total. The van der Waals surface area contributed by atoms with E-state index in [-0.39, 0.29) is 5.82 Å². The molecule has 0 aromatic carbocycles. The molecule has 3 rings (SSSR count). The van der Waals surface area contributed by atoms with Crippen molar-refractivity contribution in [1.29, 1.82) is 0 Å². The summed E-state index contributed by atoms with van der Waals surface area (Å²) in [5.74, 6) is 0.389. The molecule has 0 unspecified atom stereocenters. The van der Waals surface area contributed by atoms with Crippen LogP contribution in [0.1, 0.15) is 23.1 Å². The lowest BCUT2D eigenvalue weighted by Crippen LogP contribution is -2.55. The standard InChI is InChI=1S/C13H16N4O4S2/c1-8-6-12(15-21-8)14-13(18)10-7-9(11-4-3-5-22-11)16-23(19,20)17(10)2/h3-6,9-10,16H,7H2,1-2H3,(H,14,15,18)/t9-,10-/m1/s1. The van der Waals surface area contributed by atoms with Gasteiger partial charge in [-0.15, -0.1) is 11.3 Å². The number of aryl methyl sites for hydroxylation is 1. The van der Waals surface area contributed by atoms with E-state index in [0.29, 0.717) is 12.2 Å². The van der Waals surface area contributed by atoms with Crippen molar-refractivity contribution >= 4 is 33.3 Å². The van der Waals surface area contributed by atoms with E-state index in [1.54, 1.807) is 13.0 Å². The van der Waals surface area contributed by atoms with Crippen molar-refractivity contribution in [3.8, 4) is 0 Å². The second-order valence-corrected chi connectivity index (χ2v) is 8.01. The maximum Gasteiger partial charge on any atom is 0.280 e. The van der Waals surface area contributed by atoms with Crippen LogP contribution in [-0.2, 0) is 15.0 Å². The van der Waals surface area contributed by atoms with Gasteiger partial charge in [0.25, 0.3) is 10.2 Å². The van der Waals surface area contributed by atoms with Crippen molar-refractivity contribution in [3.05, 3.63) is 34.2 Å². The van der Waals surface area contributed by atoms with Gasteiger partial charge in [0.05, 0.1) is 6.04 Å². The maximum absolute atomic E-state index is 12.5. The van der Waals surface area contributed by atoms with Crippen LogP contribution in [0.15, 0.2) is 28.1 Å². The van der Waals surface area contributed by atoms with E-state index in [4.69, 9.17) is 4.52 Å². The molecule has 2 atom stereocenters. The predicted molar refractivity (Wildman–Crippen MR) is 85.2 cm³/mol. The highest BCUT2D eigenvalue weighted by atomic mass is 32.2. The molecular formula is C13H16N4O4S2. The minimum atomic E-state index is -3.73. The Labute approximate surface area is 137 Å². The lowest BCUT2D eigenvalue weighted by Gasteiger charge is -2.35. The number of hydrogen-bond acceptors (Lipinski definition) is 6. The van der Waals surface area contributed by atoms with Gasteiger partial charge in [-0.2, -0.15) is 17.4 Å². The number of rotatable bonds is 3. The van der Waals surface area contributed by atoms with Gasteiger partial charge in [0.15, 0.2) is 5.82 Å². The quantitative estimate of drug-likeness (QED) is 0.861. The molecule has 0 bridgehead atoms. The Morgan fingerprint density at radius 3 is 2.96 bits per heavy atom. The Kier molecular flexibility index (Phi) is 4.23. The summed E-state index contributed by atoms with van der Waals surface area (Å²) in [5, 5.41) is 8.15. The fourth-order valence-corrected chi connectivity index (χ4v) is 4.55. The lowest BCUT2D eigenvalue weighted by atomic mass is 10.1. The largest absolute Gasteiger partial charge is 0.360 e. The summed E-state index contributed by atoms with van der Waals surface area (Å²) < 4.78 is 33.1. The van der Waals surface area contributed by atoms with E-state index in [9.17, 15) is 13.2 Å². The molecule has 3 heterocycles. The third-order valence-corrected chi connectivity index (χ3v) is 6.22. The van der Waals surface area contributed by atoms with Crippen molar-refractivity contribution in [3.63, 3.8) is 0 Å². The van der Waals surface area contributed by atoms with E-state index >= 15 is 0 Å². The summed E-state index contributed by atoms with van der Waals surface area (Å²) in [4.78, 5) is 13.3. The highest BCUT2D eigenvalue weighted by molar-refractivity contribution is 7.87. The van der Waals surface area contributed by atoms with Gasteiger partial charge in [-0.05, 0) is 24.8 Å². The summed E-state index contributed by atoms with van der Waals surface area (Å²) in [6.45, 7) is 1.70. The Morgan fingerprint density at radius 1 is 1.57 bits per heavy atom. The molecule has 0 radical (unpaired) electrons. The summed E-state index contributed by atoms with van der Waals surface area (Å²) in [7, 11) is -2.35. The Hall–Kier alpha value is -1.75. The summed E-state index contributed by atoms with van der Waals surface area (Å²) in [5.41, 5.74) is 0. The van der Waals surface area contributed by atoms with Gasteiger partial charge in [-0.25, -0.2) is 0 Å². The molecule has 2 aromatic rings. The molecule has 124 valence electrons. The molecule has 2 aromatic heterocycles. The van der Waals surface area contributed by atoms with Crippen LogP contribution >= 0.6 is 11.3 Å². The molecule has 2 N–H and O–H groups in total. The Balaban J connectivity index is 1.82. The topological polar surface area (TPSA) is 105 Å². The third kappa shape index (κ3) is 3.29. The average molecular weight is 356 g/mol. The van der Waals surface area contributed by atoms with Crippen LogP contribution in [-0.4, -0.2) is 36.9 Å². The monoisotopic (exact) mass is 356 g/mol. The van der Waals surface area contributed by atoms with E-state index in [0.717, 1.165) is 9.18 Å². The normalized spacial score (nSPS) is 24.4. The fourth-order valence-electron chi connectivity index (χ4n) is 2.42. The van der Waals surface area contributed by atoms with Crippen molar-refractivity contribution < 1.29 is 17.7 Å². The zero-order chi connectivity index (χ0) is 16.6. The number of likely N-dealkylation sites (N-methyl/N-ethyl adjacent to an activating group) is 1. The number of carbonyl (C=O) groups excluding carboxylic acids is 1. The maximum atomic E-state index is 12.5. The first kappa shape index (κ1) is 16.1. The van der Waals surface area contributed by atoms with Crippen molar-refractivity contribution in [2.75, 3.05) is 12.4 Å². The predicted octanol–water partition coefficient (Wildman–Crippen LogP) is 1.26. The average Bonchev–Trinajstić information content (AvgIpc) is 3.13. The number of amides is 1. The minimum absolute atomic E-state index is 0.268. The van der Waals surface area contributed by atoms with Gasteiger partial charge in [0.1, 0.15) is 11.8 Å². The molecule has 1 saturated heterocycles. The zero-order valence-corrected chi connectivity index (χ0v) is 14.1. The molecule has 23 heavy (non-hydrogen) atoms. The number of hydrogen-bond donors (Lipinski definition) is 2. The smallest absolute Gasteiger partial charge is 0.280 e. The van der Waals surface area contributed by atoms with Gasteiger partial charge >= 0.3 is 0 Å². The first-order valence-corrected chi connectivity index (χ1v) is 9.21. The first-order chi connectivity index (χ1) is 10.9. The molecule has 1 aliphatic heterocycles. The van der Waals surface area contributed by atoms with Crippen LogP contribution in [0.4, 0.5) is 5.82 Å². The molecule has 10 heteroatoms. The van der Waals surface area contributed by atoms with Gasteiger partial charge in [-0.1, -0.05) is 11.2 Å². The number of nitrogens with one attached hydrogen (secondary N) is 2. The molecule has 0 spiro atoms. The fraction of sp³-hybridized carbons (Fsp3) is 0.385. The van der Waals surface area contributed by atoms with Crippen molar-refractivity contribution in [2.24, 2.45) is 0 Å². The van der Waals surface area contributed by atoms with Gasteiger partial charge < -0.3 is 9.84 Å². The molecule has 1 amide bonds. The summed E-state index contributed by atoms with van der Waals surface area (Å²) >= 11 is 1.45. The minimum Gasteiger partial charge on any atom is -0.360 e. The Bertz CT molecular complexity index is 800. The molecule has 1 aliphatic rings. The summed E-state index contributed by atoms with van der Waals surface area (Å²) in [6.07, 6.45) is 0.332. The zero-order valence-electron chi connectivity index (χ0n) is 12.5. The van der Waals surface area contributed by atoms with Gasteiger partial charge in [0.2, 0.25) is 5.91 Å². The number of thiophene rings is 1. The summed E-state index contributed by atoms with van der Waals surface area (Å²) in [6, 6.07) is 4.01. The van der Waals surface area contributed by atoms with Crippen LogP contribution in [0.3, 0.4) is 0 Å². The highest BCUT2D eigenvalue weighted by Crippen LogP contribution is 2.30. The second kappa shape index (κ2) is 6.04. The number of nitrogens with zero attached hydrogens (tertiary/aromatic N) is 2. The molecule has 1 fully saturated rings. The van der Waals surface area contributed by atoms with Gasteiger partial charge in [0, 0.05) is 18.0 Å². The van der Waals surface area contributed by atoms with E-state index in [2.05, 4.69) is 15.2 Å². The van der Waals surface area contributed by atoms with E-state index in [1.807, 2.05) is 17.5 Å². The highest BCUT2D eigenvalue weighted by Gasteiger charge is 2.41. The Morgan fingerprint density at radius 2 is 2.35 bits per heavy atom. The first-order valence-electron chi connectivity index (χ1n) is 6.89. The number of aromatic nitrogens is 1. The van der Waals surface area contributed by atoms with Crippen LogP contribution in [0.2, 0.25) is 0 Å². The third-order valence-electron chi connectivity index (χ3n) is 3.64. The van der Waals surface area contributed by atoms with Crippen LogP contribution in [0, 0.1) is 6.92 Å². The van der Waals surface area contributed by atoms with E-state index < -0.39 is 28.2 Å². The lowest BCUT2D eigenvalue weighted by molar-refractivity contribution is -0.120. The van der Waals surface area contributed by atoms with Crippen LogP contribution < -0.4 is 10.0 Å². The van der Waals surface area contributed by atoms with Crippen LogP contribution in [0.5, 0.6) is 0 Å². The number of carbonyl (C=O) groups is 1. The SMILES string of the molecule is Cc1cc(NC(=O)[C@H]2C[C@H](c3cccs3)NS(=O)(=O)N2C)no1. The molecule has 0 saturated carbocycles. The van der Waals surface area contributed by atoms with Gasteiger partial charge in [-0.3, -0.25) is 4.79 Å².